The number of sulfone groups is 1. The number of hydrogen-bond acceptors (Lipinski definition) is 4. The number of nitrogens with zero attached hydrogens (tertiary/aromatic N) is 2. The van der Waals surface area contributed by atoms with Crippen molar-refractivity contribution in [1.82, 2.24) is 9.78 Å². The van der Waals surface area contributed by atoms with Gasteiger partial charge in [-0.3, -0.25) is 4.79 Å². The number of anilines is 1. The molecule has 1 aliphatic rings. The molecule has 30 heavy (non-hydrogen) atoms. The molecule has 8 heteroatoms. The van der Waals surface area contributed by atoms with Crippen LogP contribution in [0.3, 0.4) is 0 Å². The first-order valence-electron chi connectivity index (χ1n) is 9.81. The third kappa shape index (κ3) is 4.27. The Morgan fingerprint density at radius 2 is 1.80 bits per heavy atom. The normalized spacial score (nSPS) is 14.1. The maximum absolute atomic E-state index is 13.1. The topological polar surface area (TPSA) is 81.1 Å². The quantitative estimate of drug-likeness (QED) is 0.604. The number of amides is 1. The van der Waals surface area contributed by atoms with E-state index in [1.165, 1.54) is 12.1 Å². The summed E-state index contributed by atoms with van der Waals surface area (Å²) in [6.45, 7) is 0. The minimum Gasteiger partial charge on any atom is -0.321 e. The molecule has 1 aromatic heterocycles. The number of carbonyl (C=O) groups excluding carboxylic acids is 1. The summed E-state index contributed by atoms with van der Waals surface area (Å²) < 4.78 is 25.5. The second-order valence-electron chi connectivity index (χ2n) is 7.48. The molecular weight excluding hydrogens is 422 g/mol. The summed E-state index contributed by atoms with van der Waals surface area (Å²) in [5.41, 5.74) is 3.66. The lowest BCUT2D eigenvalue weighted by Gasteiger charge is -2.07. The Bertz CT molecular complexity index is 1200. The third-order valence-electron chi connectivity index (χ3n) is 5.24. The van der Waals surface area contributed by atoms with Crippen molar-refractivity contribution in [2.45, 2.75) is 37.0 Å². The molecular formula is C22H22ClN3O3S. The van der Waals surface area contributed by atoms with Gasteiger partial charge in [0, 0.05) is 28.2 Å². The summed E-state index contributed by atoms with van der Waals surface area (Å²) in [5, 5.41) is 8.10. The van der Waals surface area contributed by atoms with Crippen molar-refractivity contribution in [3.05, 3.63) is 70.5 Å². The Balaban J connectivity index is 1.72. The fourth-order valence-corrected chi connectivity index (χ4v) is 4.54. The van der Waals surface area contributed by atoms with Gasteiger partial charge in [-0.05, 0) is 68.1 Å². The molecule has 0 unspecified atom stereocenters. The maximum Gasteiger partial charge on any atom is 0.276 e. The molecule has 0 radical (unpaired) electrons. The molecule has 0 atom stereocenters. The van der Waals surface area contributed by atoms with Crippen LogP contribution in [0.4, 0.5) is 5.69 Å². The van der Waals surface area contributed by atoms with Crippen LogP contribution in [0.5, 0.6) is 0 Å². The molecule has 0 saturated heterocycles. The van der Waals surface area contributed by atoms with Gasteiger partial charge in [0.1, 0.15) is 0 Å². The Kier molecular flexibility index (Phi) is 5.66. The van der Waals surface area contributed by atoms with Gasteiger partial charge < -0.3 is 5.32 Å². The van der Waals surface area contributed by atoms with Crippen molar-refractivity contribution in [2.24, 2.45) is 0 Å². The summed E-state index contributed by atoms with van der Waals surface area (Å²) in [6, 6.07) is 13.6. The van der Waals surface area contributed by atoms with Crippen molar-refractivity contribution in [2.75, 3.05) is 11.6 Å². The van der Waals surface area contributed by atoms with Crippen molar-refractivity contribution in [1.29, 1.82) is 0 Å². The molecule has 2 aromatic carbocycles. The molecule has 1 amide bonds. The van der Waals surface area contributed by atoms with Gasteiger partial charge in [0.25, 0.3) is 5.91 Å². The molecule has 4 rings (SSSR count). The van der Waals surface area contributed by atoms with E-state index in [0.717, 1.165) is 55.3 Å². The molecule has 1 N–H and O–H groups in total. The molecule has 0 spiro atoms. The number of rotatable bonds is 4. The third-order valence-corrected chi connectivity index (χ3v) is 6.60. The number of aromatic nitrogens is 2. The van der Waals surface area contributed by atoms with E-state index < -0.39 is 9.84 Å². The highest BCUT2D eigenvalue weighted by Gasteiger charge is 2.25. The van der Waals surface area contributed by atoms with Gasteiger partial charge in [-0.25, -0.2) is 13.1 Å². The number of halogens is 1. The highest BCUT2D eigenvalue weighted by molar-refractivity contribution is 7.90. The first-order valence-corrected chi connectivity index (χ1v) is 12.1. The number of fused-ring (bicyclic) bond motifs is 1. The lowest BCUT2D eigenvalue weighted by atomic mass is 10.1. The highest BCUT2D eigenvalue weighted by atomic mass is 35.5. The van der Waals surface area contributed by atoms with Gasteiger partial charge in [0.2, 0.25) is 0 Å². The Morgan fingerprint density at radius 3 is 2.53 bits per heavy atom. The van der Waals surface area contributed by atoms with E-state index in [0.29, 0.717) is 16.4 Å². The summed E-state index contributed by atoms with van der Waals surface area (Å²) in [4.78, 5) is 13.3. The number of benzene rings is 2. The molecule has 3 aromatic rings. The maximum atomic E-state index is 13.1. The zero-order valence-electron chi connectivity index (χ0n) is 16.6. The molecule has 0 saturated carbocycles. The Hall–Kier alpha value is -2.64. The summed E-state index contributed by atoms with van der Waals surface area (Å²) >= 11 is 6.02. The van der Waals surface area contributed by atoms with Crippen LogP contribution in [0.1, 0.15) is 41.0 Å². The summed E-state index contributed by atoms with van der Waals surface area (Å²) in [5.74, 6) is -0.341. The van der Waals surface area contributed by atoms with Crippen molar-refractivity contribution in [3.63, 3.8) is 0 Å². The van der Waals surface area contributed by atoms with Crippen LogP contribution in [0.25, 0.3) is 5.69 Å². The number of hydrogen-bond donors (Lipinski definition) is 1. The van der Waals surface area contributed by atoms with Crippen LogP contribution in [-0.4, -0.2) is 30.4 Å². The Morgan fingerprint density at radius 1 is 1.07 bits per heavy atom. The zero-order valence-corrected chi connectivity index (χ0v) is 18.1. The molecule has 1 aliphatic carbocycles. The molecule has 156 valence electrons. The fraction of sp³-hybridized carbons (Fsp3) is 0.273. The minimum atomic E-state index is -3.36. The van der Waals surface area contributed by atoms with Gasteiger partial charge in [-0.2, -0.15) is 5.10 Å². The van der Waals surface area contributed by atoms with E-state index in [1.807, 2.05) is 16.8 Å². The van der Waals surface area contributed by atoms with E-state index >= 15 is 0 Å². The monoisotopic (exact) mass is 443 g/mol. The van der Waals surface area contributed by atoms with Crippen molar-refractivity contribution >= 4 is 33.0 Å². The standard InChI is InChI=1S/C22H22ClN3O3S/c1-30(28,29)18-7-5-6-16(14-18)24-22(27)21-19-8-3-2-4-9-20(19)26(25-21)17-12-10-15(23)11-13-17/h5-7,10-14H,2-4,8-9H2,1H3,(H,24,27). The largest absolute Gasteiger partial charge is 0.321 e. The molecule has 0 bridgehead atoms. The van der Waals surface area contributed by atoms with Gasteiger partial charge in [-0.1, -0.05) is 24.1 Å². The smallest absolute Gasteiger partial charge is 0.276 e. The lowest BCUT2D eigenvalue weighted by Crippen LogP contribution is -2.15. The van der Waals surface area contributed by atoms with E-state index in [1.54, 1.807) is 24.3 Å². The first-order chi connectivity index (χ1) is 14.3. The minimum absolute atomic E-state index is 0.158. The molecule has 1 heterocycles. The predicted octanol–water partition coefficient (Wildman–Crippen LogP) is 4.45. The van der Waals surface area contributed by atoms with Gasteiger partial charge in [0.05, 0.1) is 10.6 Å². The van der Waals surface area contributed by atoms with Crippen LogP contribution in [-0.2, 0) is 22.7 Å². The van der Waals surface area contributed by atoms with Crippen LogP contribution >= 0.6 is 11.6 Å². The van der Waals surface area contributed by atoms with E-state index in [9.17, 15) is 13.2 Å². The predicted molar refractivity (Wildman–Crippen MR) is 117 cm³/mol. The average Bonchev–Trinajstić information content (AvgIpc) is 2.89. The summed E-state index contributed by atoms with van der Waals surface area (Å²) in [6.07, 6.45) is 5.93. The van der Waals surface area contributed by atoms with Gasteiger partial charge in [0.15, 0.2) is 15.5 Å². The summed E-state index contributed by atoms with van der Waals surface area (Å²) in [7, 11) is -3.36. The van der Waals surface area contributed by atoms with Crippen LogP contribution in [0, 0.1) is 0 Å². The fourth-order valence-electron chi connectivity index (χ4n) is 3.75. The van der Waals surface area contributed by atoms with Crippen LogP contribution in [0.2, 0.25) is 5.02 Å². The van der Waals surface area contributed by atoms with E-state index in [2.05, 4.69) is 10.4 Å². The second-order valence-corrected chi connectivity index (χ2v) is 9.93. The van der Waals surface area contributed by atoms with Crippen molar-refractivity contribution in [3.8, 4) is 5.69 Å². The number of nitrogens with one attached hydrogen (secondary N) is 1. The van der Waals surface area contributed by atoms with E-state index in [4.69, 9.17) is 11.6 Å². The molecule has 6 nitrogen and oxygen atoms in total. The lowest BCUT2D eigenvalue weighted by molar-refractivity contribution is 0.102. The first kappa shape index (κ1) is 20.6. The Labute approximate surface area is 180 Å². The zero-order chi connectivity index (χ0) is 21.3. The van der Waals surface area contributed by atoms with Gasteiger partial charge >= 0.3 is 0 Å². The molecule has 0 aliphatic heterocycles. The average molecular weight is 444 g/mol. The SMILES string of the molecule is CS(=O)(=O)c1cccc(NC(=O)c2nn(-c3ccc(Cl)cc3)c3c2CCCCC3)c1. The van der Waals surface area contributed by atoms with E-state index in [-0.39, 0.29) is 10.8 Å². The number of carbonyl (C=O) groups is 1. The van der Waals surface area contributed by atoms with Crippen LogP contribution in [0.15, 0.2) is 53.4 Å². The highest BCUT2D eigenvalue weighted by Crippen LogP contribution is 2.28. The molecule has 0 fully saturated rings. The van der Waals surface area contributed by atoms with Crippen molar-refractivity contribution < 1.29 is 13.2 Å². The second kappa shape index (κ2) is 8.24. The van der Waals surface area contributed by atoms with Gasteiger partial charge in [-0.15, -0.1) is 0 Å². The van der Waals surface area contributed by atoms with Crippen LogP contribution < -0.4 is 5.32 Å².